The molecule has 1 fully saturated rings. The van der Waals surface area contributed by atoms with E-state index in [1.807, 2.05) is 54.6 Å². The van der Waals surface area contributed by atoms with Gasteiger partial charge in [-0.3, -0.25) is 14.5 Å². The van der Waals surface area contributed by atoms with Crippen molar-refractivity contribution in [2.75, 3.05) is 11.4 Å². The Balaban J connectivity index is 1.41. The molecule has 8 heteroatoms. The summed E-state index contributed by atoms with van der Waals surface area (Å²) in [5.74, 6) is -0.982. The lowest BCUT2D eigenvalue weighted by molar-refractivity contribution is -0.143. The number of anilines is 1. The fourth-order valence-corrected chi connectivity index (χ4v) is 5.53. The van der Waals surface area contributed by atoms with Crippen LogP contribution in [0, 0.1) is 5.92 Å². The molecule has 190 valence electrons. The maximum atomic E-state index is 13.1. The van der Waals surface area contributed by atoms with Gasteiger partial charge in [0.1, 0.15) is 5.01 Å². The molecule has 0 spiro atoms. The maximum absolute atomic E-state index is 13.1. The van der Waals surface area contributed by atoms with Crippen LogP contribution in [0.3, 0.4) is 0 Å². The van der Waals surface area contributed by atoms with Gasteiger partial charge < -0.3 is 10.4 Å². The number of amides is 1. The highest BCUT2D eigenvalue weighted by atomic mass is 32.1. The first-order valence-electron chi connectivity index (χ1n) is 12.8. The number of aliphatic carboxylic acids is 1. The molecule has 0 aliphatic heterocycles. The normalized spacial score (nSPS) is 17.6. The van der Waals surface area contributed by atoms with E-state index in [0.717, 1.165) is 60.2 Å². The number of carbonyl (C=O) groups excluding carboxylic acids is 1. The Labute approximate surface area is 216 Å². The van der Waals surface area contributed by atoms with E-state index < -0.39 is 5.97 Å². The highest BCUT2D eigenvalue weighted by Gasteiger charge is 2.30. The van der Waals surface area contributed by atoms with Crippen LogP contribution in [0.5, 0.6) is 0 Å². The first-order valence-corrected chi connectivity index (χ1v) is 13.6. The average Bonchev–Trinajstić information content (AvgIpc) is 3.38. The second kappa shape index (κ2) is 12.7. The number of benzene rings is 2. The molecule has 36 heavy (non-hydrogen) atoms. The number of unbranched alkanes of at least 4 members (excludes halogenated alkanes) is 1. The molecule has 3 aromatic rings. The summed E-state index contributed by atoms with van der Waals surface area (Å²) < 4.78 is 0. The van der Waals surface area contributed by atoms with Gasteiger partial charge in [0.2, 0.25) is 11.0 Å². The summed E-state index contributed by atoms with van der Waals surface area (Å²) in [7, 11) is 0. The number of rotatable bonds is 11. The summed E-state index contributed by atoms with van der Waals surface area (Å²) in [5.41, 5.74) is 3.04. The fraction of sp³-hybridized carbons (Fsp3) is 0.429. The Kier molecular flexibility index (Phi) is 9.19. The predicted octanol–water partition coefficient (Wildman–Crippen LogP) is 5.31. The molecule has 7 nitrogen and oxygen atoms in total. The second-order valence-electron chi connectivity index (χ2n) is 9.36. The smallest absolute Gasteiger partial charge is 0.308 e. The molecule has 1 saturated carbocycles. The van der Waals surface area contributed by atoms with Gasteiger partial charge in [0, 0.05) is 24.7 Å². The molecule has 1 heterocycles. The summed E-state index contributed by atoms with van der Waals surface area (Å²) in [4.78, 5) is 26.4. The van der Waals surface area contributed by atoms with Crippen LogP contribution in [0.2, 0.25) is 0 Å². The van der Waals surface area contributed by atoms with Gasteiger partial charge in [-0.2, -0.15) is 0 Å². The van der Waals surface area contributed by atoms with Crippen molar-refractivity contribution in [3.63, 3.8) is 0 Å². The standard InChI is InChI=1S/C28H34N4O3S/c1-2-3-17-32(25(33)18-20-9-5-4-6-10-20)28-31-30-26(36-28)22-15-13-21(14-16-22)19-29-24-12-8-7-11-23(24)27(34)35/h4-6,9-10,13-16,23-24,29H,2-3,7-8,11-12,17-19H2,1H3,(H,34,35)/t23-,24-/m0/s1. The molecule has 2 aromatic carbocycles. The van der Waals surface area contributed by atoms with Crippen molar-refractivity contribution in [3.8, 4) is 10.6 Å². The molecular weight excluding hydrogens is 472 g/mol. The molecule has 0 radical (unpaired) electrons. The number of nitrogens with zero attached hydrogens (tertiary/aromatic N) is 3. The Bertz CT molecular complexity index is 1130. The van der Waals surface area contributed by atoms with Crippen molar-refractivity contribution < 1.29 is 14.7 Å². The van der Waals surface area contributed by atoms with E-state index in [-0.39, 0.29) is 17.9 Å². The minimum atomic E-state index is -0.704. The third-order valence-electron chi connectivity index (χ3n) is 6.73. The topological polar surface area (TPSA) is 95.4 Å². The zero-order valence-corrected chi connectivity index (χ0v) is 21.5. The maximum Gasteiger partial charge on any atom is 0.308 e. The molecule has 4 rings (SSSR count). The number of hydrogen-bond donors (Lipinski definition) is 2. The van der Waals surface area contributed by atoms with Crippen molar-refractivity contribution in [2.45, 2.75) is 64.5 Å². The Hall–Kier alpha value is -3.10. The molecule has 1 aliphatic rings. The third kappa shape index (κ3) is 6.77. The largest absolute Gasteiger partial charge is 0.481 e. The van der Waals surface area contributed by atoms with Crippen LogP contribution in [-0.2, 0) is 22.6 Å². The minimum absolute atomic E-state index is 0.0178. The van der Waals surface area contributed by atoms with Crippen LogP contribution in [0.15, 0.2) is 54.6 Å². The summed E-state index contributed by atoms with van der Waals surface area (Å²) in [6, 6.07) is 17.9. The summed E-state index contributed by atoms with van der Waals surface area (Å²) >= 11 is 1.43. The van der Waals surface area contributed by atoms with E-state index in [2.05, 4.69) is 22.4 Å². The first kappa shape index (κ1) is 26.0. The van der Waals surface area contributed by atoms with Crippen molar-refractivity contribution in [2.24, 2.45) is 5.92 Å². The molecule has 2 atom stereocenters. The first-order chi connectivity index (χ1) is 17.5. The second-order valence-corrected chi connectivity index (χ2v) is 10.3. The van der Waals surface area contributed by atoms with Crippen molar-refractivity contribution in [1.82, 2.24) is 15.5 Å². The lowest BCUT2D eigenvalue weighted by Gasteiger charge is -2.29. The molecule has 2 N–H and O–H groups in total. The van der Waals surface area contributed by atoms with E-state index in [1.54, 1.807) is 4.90 Å². The van der Waals surface area contributed by atoms with Crippen LogP contribution in [0.25, 0.3) is 10.6 Å². The van der Waals surface area contributed by atoms with Gasteiger partial charge in [0.25, 0.3) is 0 Å². The average molecular weight is 507 g/mol. The van der Waals surface area contributed by atoms with Gasteiger partial charge in [-0.05, 0) is 30.4 Å². The van der Waals surface area contributed by atoms with E-state index in [9.17, 15) is 14.7 Å². The van der Waals surface area contributed by atoms with E-state index in [1.165, 1.54) is 11.3 Å². The van der Waals surface area contributed by atoms with Crippen LogP contribution < -0.4 is 10.2 Å². The number of carbonyl (C=O) groups is 2. The monoisotopic (exact) mass is 506 g/mol. The van der Waals surface area contributed by atoms with Crippen molar-refractivity contribution in [1.29, 1.82) is 0 Å². The Morgan fingerprint density at radius 2 is 1.78 bits per heavy atom. The van der Waals surface area contributed by atoms with Gasteiger partial charge in [-0.15, -0.1) is 10.2 Å². The molecule has 0 bridgehead atoms. The quantitative estimate of drug-likeness (QED) is 0.366. The highest BCUT2D eigenvalue weighted by molar-refractivity contribution is 7.18. The molecule has 0 saturated heterocycles. The summed E-state index contributed by atoms with van der Waals surface area (Å²) in [6.07, 6.45) is 5.94. The van der Waals surface area contributed by atoms with Gasteiger partial charge in [0.05, 0.1) is 12.3 Å². The molecule has 1 aliphatic carbocycles. The number of nitrogens with one attached hydrogen (secondary N) is 1. The summed E-state index contributed by atoms with van der Waals surface area (Å²) in [6.45, 7) is 3.37. The van der Waals surface area contributed by atoms with E-state index in [0.29, 0.717) is 24.6 Å². The van der Waals surface area contributed by atoms with E-state index in [4.69, 9.17) is 0 Å². The number of carboxylic acid groups (broad SMARTS) is 1. The molecule has 0 unspecified atom stereocenters. The lowest BCUT2D eigenvalue weighted by atomic mass is 9.84. The third-order valence-corrected chi connectivity index (χ3v) is 7.73. The minimum Gasteiger partial charge on any atom is -0.481 e. The van der Waals surface area contributed by atoms with Gasteiger partial charge >= 0.3 is 5.97 Å². The lowest BCUT2D eigenvalue weighted by Crippen LogP contribution is -2.41. The van der Waals surface area contributed by atoms with Crippen molar-refractivity contribution >= 4 is 28.3 Å². The zero-order chi connectivity index (χ0) is 25.3. The van der Waals surface area contributed by atoms with Gasteiger partial charge in [-0.1, -0.05) is 92.1 Å². The molecular formula is C28H34N4O3S. The zero-order valence-electron chi connectivity index (χ0n) is 20.7. The fourth-order valence-electron chi connectivity index (χ4n) is 4.64. The highest BCUT2D eigenvalue weighted by Crippen LogP contribution is 2.30. The predicted molar refractivity (Wildman–Crippen MR) is 143 cm³/mol. The molecule has 1 amide bonds. The summed E-state index contributed by atoms with van der Waals surface area (Å²) in [5, 5.41) is 23.1. The van der Waals surface area contributed by atoms with Crippen LogP contribution >= 0.6 is 11.3 Å². The molecule has 1 aromatic heterocycles. The van der Waals surface area contributed by atoms with Crippen LogP contribution in [-0.4, -0.2) is 39.8 Å². The van der Waals surface area contributed by atoms with Crippen LogP contribution in [0.1, 0.15) is 56.6 Å². The van der Waals surface area contributed by atoms with Gasteiger partial charge in [0.15, 0.2) is 0 Å². The number of hydrogen-bond acceptors (Lipinski definition) is 6. The number of carboxylic acids is 1. The SMILES string of the molecule is CCCCN(C(=O)Cc1ccccc1)c1nnc(-c2ccc(CN[C@H]3CCCC[C@@H]3C(=O)O)cc2)s1. The Morgan fingerprint density at radius 1 is 1.03 bits per heavy atom. The Morgan fingerprint density at radius 3 is 2.50 bits per heavy atom. The van der Waals surface area contributed by atoms with Gasteiger partial charge in [-0.25, -0.2) is 0 Å². The van der Waals surface area contributed by atoms with Crippen molar-refractivity contribution in [3.05, 3.63) is 65.7 Å². The van der Waals surface area contributed by atoms with Crippen LogP contribution in [0.4, 0.5) is 5.13 Å². The number of aromatic nitrogens is 2. The van der Waals surface area contributed by atoms with E-state index >= 15 is 0 Å².